The summed E-state index contributed by atoms with van der Waals surface area (Å²) in [6.45, 7) is 0. The van der Waals surface area contributed by atoms with Gasteiger partial charge in [-0.1, -0.05) is 41.7 Å². The summed E-state index contributed by atoms with van der Waals surface area (Å²) < 4.78 is 3.13. The number of likely N-dealkylation sites (N-methyl/N-ethyl adjacent to an activating group) is 1. The molecule has 0 atom stereocenters. The number of hydrogen-bond acceptors (Lipinski definition) is 4. The van der Waals surface area contributed by atoms with Crippen LogP contribution in [0.5, 0.6) is 0 Å². The first-order valence-electron chi connectivity index (χ1n) is 7.20. The lowest BCUT2D eigenvalue weighted by molar-refractivity contribution is -0.111. The Bertz CT molecular complexity index is 1030. The van der Waals surface area contributed by atoms with E-state index in [0.29, 0.717) is 5.71 Å². The number of fused-ring (bicyclic) bond motifs is 2. The Morgan fingerprint density at radius 1 is 0.957 bits per heavy atom. The smallest absolute Gasteiger partial charge is 0.279 e. The third-order valence-electron chi connectivity index (χ3n) is 3.98. The molecule has 23 heavy (non-hydrogen) atoms. The van der Waals surface area contributed by atoms with E-state index in [1.54, 1.807) is 23.3 Å². The third-order valence-corrected chi connectivity index (χ3v) is 5.08. The topological polar surface area (TPSA) is 50.0 Å². The molecule has 1 aromatic heterocycles. The maximum absolute atomic E-state index is 12.4. The SMILES string of the molecule is CN1C(=O)C(=NN=c2sc3ccccc3n2C)c2ccccc21. The van der Waals surface area contributed by atoms with Crippen molar-refractivity contribution in [3.63, 3.8) is 0 Å². The highest BCUT2D eigenvalue weighted by Crippen LogP contribution is 2.27. The second-order valence-corrected chi connectivity index (χ2v) is 6.35. The van der Waals surface area contributed by atoms with Gasteiger partial charge in [0.2, 0.25) is 4.80 Å². The van der Waals surface area contributed by atoms with Gasteiger partial charge in [-0.25, -0.2) is 0 Å². The minimum absolute atomic E-state index is 0.126. The maximum atomic E-state index is 12.4. The average Bonchev–Trinajstić information content (AvgIpc) is 3.02. The van der Waals surface area contributed by atoms with Gasteiger partial charge in [-0.05, 0) is 18.2 Å². The van der Waals surface area contributed by atoms with E-state index in [0.717, 1.165) is 26.3 Å². The molecule has 1 aliphatic rings. The summed E-state index contributed by atoms with van der Waals surface area (Å²) >= 11 is 1.55. The highest BCUT2D eigenvalue weighted by molar-refractivity contribution is 7.16. The Morgan fingerprint density at radius 3 is 2.52 bits per heavy atom. The maximum Gasteiger partial charge on any atom is 0.279 e. The first-order chi connectivity index (χ1) is 11.2. The number of rotatable bonds is 1. The summed E-state index contributed by atoms with van der Waals surface area (Å²) in [5.74, 6) is -0.126. The number of carbonyl (C=O) groups excluding carboxylic acids is 1. The molecule has 2 aromatic carbocycles. The number of para-hydroxylation sites is 2. The van der Waals surface area contributed by atoms with Gasteiger partial charge in [0.25, 0.3) is 5.91 Å². The predicted molar refractivity (Wildman–Crippen MR) is 92.7 cm³/mol. The van der Waals surface area contributed by atoms with Gasteiger partial charge >= 0.3 is 0 Å². The van der Waals surface area contributed by atoms with E-state index in [1.165, 1.54) is 0 Å². The zero-order valence-corrected chi connectivity index (χ0v) is 13.5. The molecule has 0 bridgehead atoms. The second kappa shape index (κ2) is 5.17. The molecule has 0 spiro atoms. The van der Waals surface area contributed by atoms with E-state index >= 15 is 0 Å². The molecule has 0 N–H and O–H groups in total. The molecular formula is C17H14N4OS. The van der Waals surface area contributed by atoms with Gasteiger partial charge in [0.1, 0.15) is 0 Å². The van der Waals surface area contributed by atoms with Crippen LogP contribution in [0.1, 0.15) is 5.56 Å². The van der Waals surface area contributed by atoms with Gasteiger partial charge in [0, 0.05) is 19.7 Å². The van der Waals surface area contributed by atoms with Crippen molar-refractivity contribution in [1.29, 1.82) is 0 Å². The lowest BCUT2D eigenvalue weighted by Gasteiger charge is -2.07. The molecule has 1 aliphatic heterocycles. The number of aromatic nitrogens is 1. The number of nitrogens with zero attached hydrogens (tertiary/aromatic N) is 4. The van der Waals surface area contributed by atoms with Crippen molar-refractivity contribution >= 4 is 38.9 Å². The average molecular weight is 322 g/mol. The monoisotopic (exact) mass is 322 g/mol. The summed E-state index contributed by atoms with van der Waals surface area (Å²) in [6, 6.07) is 15.7. The van der Waals surface area contributed by atoms with Gasteiger partial charge in [-0.2, -0.15) is 0 Å². The number of thiazole rings is 1. The molecule has 5 nitrogen and oxygen atoms in total. The Balaban J connectivity index is 1.87. The van der Waals surface area contributed by atoms with Crippen LogP contribution in [0.25, 0.3) is 10.2 Å². The van der Waals surface area contributed by atoms with Crippen molar-refractivity contribution in [2.24, 2.45) is 17.3 Å². The van der Waals surface area contributed by atoms with Gasteiger partial charge in [0.15, 0.2) is 5.71 Å². The lowest BCUT2D eigenvalue weighted by atomic mass is 10.1. The van der Waals surface area contributed by atoms with E-state index in [4.69, 9.17) is 0 Å². The molecule has 0 aliphatic carbocycles. The molecule has 2 heterocycles. The molecule has 114 valence electrons. The lowest BCUT2D eigenvalue weighted by Crippen LogP contribution is -2.25. The molecule has 4 rings (SSSR count). The molecule has 0 unspecified atom stereocenters. The predicted octanol–water partition coefficient (Wildman–Crippen LogP) is 2.52. The van der Waals surface area contributed by atoms with Crippen molar-refractivity contribution < 1.29 is 4.79 Å². The van der Waals surface area contributed by atoms with Crippen LogP contribution in [-0.4, -0.2) is 23.2 Å². The van der Waals surface area contributed by atoms with Crippen LogP contribution < -0.4 is 9.70 Å². The Labute approximate surface area is 136 Å². The van der Waals surface area contributed by atoms with Crippen LogP contribution in [0.2, 0.25) is 0 Å². The Morgan fingerprint density at radius 2 is 1.70 bits per heavy atom. The van der Waals surface area contributed by atoms with Crippen LogP contribution in [0.15, 0.2) is 58.7 Å². The number of hydrogen-bond donors (Lipinski definition) is 0. The van der Waals surface area contributed by atoms with Crippen molar-refractivity contribution in [2.75, 3.05) is 11.9 Å². The Hall–Kier alpha value is -2.73. The van der Waals surface area contributed by atoms with E-state index in [1.807, 2.05) is 54.1 Å². The third kappa shape index (κ3) is 2.10. The van der Waals surface area contributed by atoms with Crippen molar-refractivity contribution in [2.45, 2.75) is 0 Å². The van der Waals surface area contributed by atoms with Crippen LogP contribution in [0.3, 0.4) is 0 Å². The number of amides is 1. The van der Waals surface area contributed by atoms with Crippen molar-refractivity contribution in [3.05, 3.63) is 58.9 Å². The van der Waals surface area contributed by atoms with E-state index < -0.39 is 0 Å². The largest absolute Gasteiger partial charge is 0.318 e. The second-order valence-electron chi connectivity index (χ2n) is 5.34. The van der Waals surface area contributed by atoms with Gasteiger partial charge in [-0.15, -0.1) is 10.2 Å². The number of aryl methyl sites for hydroxylation is 1. The molecule has 0 saturated heterocycles. The van der Waals surface area contributed by atoms with Gasteiger partial charge in [0.05, 0.1) is 15.9 Å². The van der Waals surface area contributed by atoms with Gasteiger partial charge < -0.3 is 9.47 Å². The molecule has 1 amide bonds. The van der Waals surface area contributed by atoms with E-state index in [-0.39, 0.29) is 5.91 Å². The van der Waals surface area contributed by atoms with Crippen LogP contribution in [0.4, 0.5) is 5.69 Å². The first kappa shape index (κ1) is 13.9. The minimum atomic E-state index is -0.126. The Kier molecular flexibility index (Phi) is 3.12. The standard InChI is InChI=1S/C17H14N4OS/c1-20-12-8-4-3-7-11(12)15(16(20)22)18-19-17-21(2)13-9-5-6-10-14(13)23-17/h3-10H,1-2H3. The summed E-state index contributed by atoms with van der Waals surface area (Å²) in [4.78, 5) is 14.7. The molecular weight excluding hydrogens is 308 g/mol. The summed E-state index contributed by atoms with van der Waals surface area (Å²) in [6.07, 6.45) is 0. The fourth-order valence-electron chi connectivity index (χ4n) is 2.72. The van der Waals surface area contributed by atoms with Crippen LogP contribution in [-0.2, 0) is 11.8 Å². The minimum Gasteiger partial charge on any atom is -0.318 e. The molecule has 0 radical (unpaired) electrons. The van der Waals surface area contributed by atoms with Gasteiger partial charge in [-0.3, -0.25) is 4.79 Å². The quantitative estimate of drug-likeness (QED) is 0.635. The summed E-state index contributed by atoms with van der Waals surface area (Å²) in [7, 11) is 3.71. The summed E-state index contributed by atoms with van der Waals surface area (Å²) in [5, 5.41) is 8.59. The molecule has 0 saturated carbocycles. The highest BCUT2D eigenvalue weighted by atomic mass is 32.1. The summed E-state index contributed by atoms with van der Waals surface area (Å²) in [5.41, 5.74) is 3.19. The fraction of sp³-hybridized carbons (Fsp3) is 0.118. The van der Waals surface area contributed by atoms with Crippen molar-refractivity contribution in [3.8, 4) is 0 Å². The number of anilines is 1. The van der Waals surface area contributed by atoms with Crippen LogP contribution in [0, 0.1) is 0 Å². The number of carbonyl (C=O) groups is 1. The van der Waals surface area contributed by atoms with E-state index in [9.17, 15) is 4.79 Å². The fourth-order valence-corrected chi connectivity index (χ4v) is 3.69. The highest BCUT2D eigenvalue weighted by Gasteiger charge is 2.31. The molecule has 6 heteroatoms. The van der Waals surface area contributed by atoms with Crippen molar-refractivity contribution in [1.82, 2.24) is 4.57 Å². The van der Waals surface area contributed by atoms with E-state index in [2.05, 4.69) is 16.3 Å². The zero-order valence-electron chi connectivity index (χ0n) is 12.7. The number of benzene rings is 2. The first-order valence-corrected chi connectivity index (χ1v) is 8.02. The normalized spacial score (nSPS) is 16.6. The molecule has 0 fully saturated rings. The zero-order chi connectivity index (χ0) is 16.0. The van der Waals surface area contributed by atoms with Crippen LogP contribution >= 0.6 is 11.3 Å². The molecule has 3 aromatic rings.